The van der Waals surface area contributed by atoms with Crippen LogP contribution in [0.4, 0.5) is 0 Å². The third kappa shape index (κ3) is 5.54. The van der Waals surface area contributed by atoms with E-state index in [4.69, 9.17) is 0 Å². The number of hydrogen-bond donors (Lipinski definition) is 0. The van der Waals surface area contributed by atoms with Gasteiger partial charge < -0.3 is 0 Å². The van der Waals surface area contributed by atoms with Crippen molar-refractivity contribution in [2.24, 2.45) is 0 Å². The Morgan fingerprint density at radius 3 is 0.982 bits per heavy atom. The Balaban J connectivity index is 1.01. The van der Waals surface area contributed by atoms with Crippen LogP contribution in [-0.4, -0.2) is 0 Å². The minimum Gasteiger partial charge on any atom is -0.0622 e. The van der Waals surface area contributed by atoms with E-state index in [1.807, 2.05) is 0 Å². The Labute approximate surface area is 326 Å². The second kappa shape index (κ2) is 13.2. The summed E-state index contributed by atoms with van der Waals surface area (Å²) in [5.74, 6) is 0. The van der Waals surface area contributed by atoms with Crippen LogP contribution in [0.2, 0.25) is 0 Å². The molecule has 11 rings (SSSR count). The SMILES string of the molecule is c1ccc(-c2ccc3cc(-c4cccc(-c5c6ccccc6c(-c6ccc7cc(-c8ccc9ccccc9c8)ccc7c6)c6ccccc56)c4)ccc3c2)cc1. The van der Waals surface area contributed by atoms with E-state index in [1.54, 1.807) is 0 Å². The Morgan fingerprint density at radius 1 is 0.161 bits per heavy atom. The van der Waals surface area contributed by atoms with Crippen molar-refractivity contribution in [3.63, 3.8) is 0 Å². The molecule has 0 saturated heterocycles. The highest BCUT2D eigenvalue weighted by Gasteiger charge is 2.17. The highest BCUT2D eigenvalue weighted by atomic mass is 14.2. The van der Waals surface area contributed by atoms with E-state index >= 15 is 0 Å². The van der Waals surface area contributed by atoms with Crippen LogP contribution in [0.15, 0.2) is 218 Å². The summed E-state index contributed by atoms with van der Waals surface area (Å²) in [4.78, 5) is 0. The molecule has 0 bridgehead atoms. The molecule has 0 aliphatic heterocycles. The summed E-state index contributed by atoms with van der Waals surface area (Å²) in [6.07, 6.45) is 0. The topological polar surface area (TPSA) is 0 Å². The van der Waals surface area contributed by atoms with E-state index in [-0.39, 0.29) is 0 Å². The van der Waals surface area contributed by atoms with Crippen molar-refractivity contribution < 1.29 is 0 Å². The van der Waals surface area contributed by atoms with Gasteiger partial charge in [-0.1, -0.05) is 182 Å². The summed E-state index contributed by atoms with van der Waals surface area (Å²) >= 11 is 0. The van der Waals surface area contributed by atoms with Crippen LogP contribution in [0, 0.1) is 0 Å². The van der Waals surface area contributed by atoms with Crippen LogP contribution in [-0.2, 0) is 0 Å². The van der Waals surface area contributed by atoms with Crippen LogP contribution in [0.1, 0.15) is 0 Å². The van der Waals surface area contributed by atoms with Crippen LogP contribution in [0.3, 0.4) is 0 Å². The van der Waals surface area contributed by atoms with E-state index in [9.17, 15) is 0 Å². The van der Waals surface area contributed by atoms with Gasteiger partial charge in [0.25, 0.3) is 0 Å². The van der Waals surface area contributed by atoms with Crippen molar-refractivity contribution in [3.8, 4) is 55.6 Å². The molecule has 0 N–H and O–H groups in total. The lowest BCUT2D eigenvalue weighted by Gasteiger charge is -2.18. The molecule has 0 atom stereocenters. The van der Waals surface area contributed by atoms with E-state index < -0.39 is 0 Å². The van der Waals surface area contributed by atoms with Crippen LogP contribution in [0.5, 0.6) is 0 Å². The molecule has 260 valence electrons. The Hall–Kier alpha value is -7.28. The first-order chi connectivity index (χ1) is 27.7. The van der Waals surface area contributed by atoms with Crippen molar-refractivity contribution >= 4 is 53.9 Å². The van der Waals surface area contributed by atoms with Gasteiger partial charge in [-0.3, -0.25) is 0 Å². The van der Waals surface area contributed by atoms with Gasteiger partial charge in [-0.2, -0.15) is 0 Å². The lowest BCUT2D eigenvalue weighted by atomic mass is 9.85. The van der Waals surface area contributed by atoms with E-state index in [0.29, 0.717) is 0 Å². The molecule has 0 heteroatoms. The fourth-order valence-corrected chi connectivity index (χ4v) is 8.79. The minimum absolute atomic E-state index is 1.21. The van der Waals surface area contributed by atoms with Gasteiger partial charge in [0.2, 0.25) is 0 Å². The summed E-state index contributed by atoms with van der Waals surface area (Å²) in [5, 5.41) is 12.6. The first-order valence-corrected chi connectivity index (χ1v) is 19.4. The molecule has 0 aliphatic rings. The fraction of sp³-hybridized carbons (Fsp3) is 0. The lowest BCUT2D eigenvalue weighted by Crippen LogP contribution is -1.91. The first-order valence-electron chi connectivity index (χ1n) is 19.4. The molecule has 11 aromatic rings. The highest BCUT2D eigenvalue weighted by molar-refractivity contribution is 6.22. The Morgan fingerprint density at radius 2 is 0.464 bits per heavy atom. The molecular formula is C56H36. The smallest absolute Gasteiger partial charge is 0.00262 e. The van der Waals surface area contributed by atoms with Crippen molar-refractivity contribution in [3.05, 3.63) is 218 Å². The van der Waals surface area contributed by atoms with E-state index in [1.165, 1.54) is 109 Å². The van der Waals surface area contributed by atoms with E-state index in [0.717, 1.165) is 0 Å². The third-order valence-corrected chi connectivity index (χ3v) is 11.6. The molecule has 0 aromatic heterocycles. The maximum absolute atomic E-state index is 2.37. The zero-order valence-corrected chi connectivity index (χ0v) is 30.8. The quantitative estimate of drug-likeness (QED) is 0.156. The molecule has 11 aromatic carbocycles. The molecule has 0 spiro atoms. The molecule has 0 unspecified atom stereocenters. The van der Waals surface area contributed by atoms with Crippen LogP contribution >= 0.6 is 0 Å². The predicted molar refractivity (Wildman–Crippen MR) is 241 cm³/mol. The summed E-state index contributed by atoms with van der Waals surface area (Å²) in [6.45, 7) is 0. The highest BCUT2D eigenvalue weighted by Crippen LogP contribution is 2.45. The van der Waals surface area contributed by atoms with Crippen LogP contribution in [0.25, 0.3) is 109 Å². The monoisotopic (exact) mass is 708 g/mol. The Kier molecular flexibility index (Phi) is 7.60. The summed E-state index contributed by atoms with van der Waals surface area (Å²) in [6, 6.07) is 80.4. The second-order valence-electron chi connectivity index (χ2n) is 14.9. The zero-order chi connectivity index (χ0) is 37.0. The summed E-state index contributed by atoms with van der Waals surface area (Å²) in [7, 11) is 0. The molecule has 0 amide bonds. The molecule has 0 heterocycles. The molecular weight excluding hydrogens is 673 g/mol. The molecule has 0 nitrogen and oxygen atoms in total. The van der Waals surface area contributed by atoms with Crippen molar-refractivity contribution in [1.82, 2.24) is 0 Å². The summed E-state index contributed by atoms with van der Waals surface area (Å²) < 4.78 is 0. The van der Waals surface area contributed by atoms with Crippen molar-refractivity contribution in [2.75, 3.05) is 0 Å². The van der Waals surface area contributed by atoms with Gasteiger partial charge in [-0.05, 0) is 146 Å². The van der Waals surface area contributed by atoms with Gasteiger partial charge in [0.1, 0.15) is 0 Å². The molecule has 56 heavy (non-hydrogen) atoms. The van der Waals surface area contributed by atoms with Gasteiger partial charge in [0.15, 0.2) is 0 Å². The van der Waals surface area contributed by atoms with Gasteiger partial charge in [0.05, 0.1) is 0 Å². The lowest BCUT2D eigenvalue weighted by molar-refractivity contribution is 1.62. The van der Waals surface area contributed by atoms with Crippen molar-refractivity contribution in [2.45, 2.75) is 0 Å². The van der Waals surface area contributed by atoms with Gasteiger partial charge >= 0.3 is 0 Å². The minimum atomic E-state index is 1.21. The van der Waals surface area contributed by atoms with Gasteiger partial charge in [-0.25, -0.2) is 0 Å². The Bertz CT molecular complexity index is 3240. The van der Waals surface area contributed by atoms with Gasteiger partial charge in [-0.15, -0.1) is 0 Å². The maximum Gasteiger partial charge on any atom is -0.00262 e. The standard InChI is InChI=1S/C56H36/c1-2-11-37(12-3-1)41-23-24-45-33-42(25-26-44(45)32-41)40-15-10-16-49(35-40)55-51-17-6-8-19-53(51)56(54-20-9-7-18-52(54)55)50-30-29-47-34-46(27-28-48(47)36-50)43-22-21-38-13-4-5-14-39(38)31-43/h1-36H. The molecule has 0 radical (unpaired) electrons. The molecule has 0 fully saturated rings. The predicted octanol–water partition coefficient (Wildman–Crippen LogP) is 15.8. The number of fused-ring (bicyclic) bond motifs is 5. The molecule has 0 saturated carbocycles. The second-order valence-corrected chi connectivity index (χ2v) is 14.9. The number of rotatable bonds is 5. The number of benzene rings is 11. The first kappa shape index (κ1) is 32.2. The van der Waals surface area contributed by atoms with Crippen molar-refractivity contribution in [1.29, 1.82) is 0 Å². The number of hydrogen-bond acceptors (Lipinski definition) is 0. The van der Waals surface area contributed by atoms with Crippen LogP contribution < -0.4 is 0 Å². The maximum atomic E-state index is 2.37. The molecule has 0 aliphatic carbocycles. The third-order valence-electron chi connectivity index (χ3n) is 11.6. The summed E-state index contributed by atoms with van der Waals surface area (Å²) in [5.41, 5.74) is 12.4. The zero-order valence-electron chi connectivity index (χ0n) is 30.8. The largest absolute Gasteiger partial charge is 0.0622 e. The normalized spacial score (nSPS) is 11.6. The van der Waals surface area contributed by atoms with Gasteiger partial charge in [0, 0.05) is 0 Å². The average molecular weight is 709 g/mol. The fourth-order valence-electron chi connectivity index (χ4n) is 8.79. The average Bonchev–Trinajstić information content (AvgIpc) is 3.27. The van der Waals surface area contributed by atoms with E-state index in [2.05, 4.69) is 218 Å².